The van der Waals surface area contributed by atoms with E-state index in [1.165, 1.54) is 77.0 Å². The summed E-state index contributed by atoms with van der Waals surface area (Å²) >= 11 is 5.36. The molecule has 8 heteroatoms. The van der Waals surface area contributed by atoms with Gasteiger partial charge in [-0.05, 0) is 18.9 Å². The van der Waals surface area contributed by atoms with Gasteiger partial charge in [-0.2, -0.15) is 0 Å². The fourth-order valence-corrected chi connectivity index (χ4v) is 3.63. The molecule has 0 bridgehead atoms. The summed E-state index contributed by atoms with van der Waals surface area (Å²) in [6.07, 6.45) is 21.0. The molecule has 2 unspecified atom stereocenters. The van der Waals surface area contributed by atoms with Crippen molar-refractivity contribution in [1.82, 2.24) is 0 Å². The summed E-state index contributed by atoms with van der Waals surface area (Å²) in [6.45, 7) is 1.87. The van der Waals surface area contributed by atoms with Crippen molar-refractivity contribution >= 4 is 19.4 Å². The number of phosphoric acid groups is 1. The molecule has 0 fully saturated rings. The maximum atomic E-state index is 11.4. The molecule has 0 radical (unpaired) electrons. The van der Waals surface area contributed by atoms with Crippen LogP contribution in [0.3, 0.4) is 0 Å². The van der Waals surface area contributed by atoms with E-state index in [0.717, 1.165) is 25.5 Å². The van der Waals surface area contributed by atoms with E-state index in [0.29, 0.717) is 0 Å². The smallest absolute Gasteiger partial charge is 0.746 e. The van der Waals surface area contributed by atoms with Gasteiger partial charge in [-0.1, -0.05) is 90.4 Å². The number of aliphatic hydroxyl groups excluding tert-OH is 1. The van der Waals surface area contributed by atoms with Gasteiger partial charge in [-0.25, -0.2) is 0 Å². The maximum absolute atomic E-state index is 11.4. The fraction of sp³-hybridized carbons (Fsp3) is 0.905. The first-order valence-electron chi connectivity index (χ1n) is 11.0. The normalized spacial score (nSPS) is 14.5. The predicted octanol–water partition coefficient (Wildman–Crippen LogP) is 3.48. The summed E-state index contributed by atoms with van der Waals surface area (Å²) < 4.78 is 20.5. The third-order valence-corrected chi connectivity index (χ3v) is 5.82. The number of rotatable bonds is 21. The van der Waals surface area contributed by atoms with Gasteiger partial charge >= 0.3 is 37.4 Å². The SMILES string of the molecule is CCCCCCCCCCCCCCCC/C=C/OP(=O)([O-])OCC(O)CCl.[Na+]. The summed E-state index contributed by atoms with van der Waals surface area (Å²) in [4.78, 5) is 11.4. The molecule has 0 heterocycles. The Balaban J connectivity index is 0. The zero-order valence-corrected chi connectivity index (χ0v) is 22.3. The molecule has 0 aliphatic carbocycles. The molecule has 1 N–H and O–H groups in total. The molecule has 0 saturated carbocycles. The van der Waals surface area contributed by atoms with Gasteiger partial charge < -0.3 is 19.0 Å². The third kappa shape index (κ3) is 25.1. The first-order valence-corrected chi connectivity index (χ1v) is 13.0. The van der Waals surface area contributed by atoms with E-state index in [2.05, 4.69) is 16.0 Å². The fourth-order valence-electron chi connectivity index (χ4n) is 2.89. The minimum atomic E-state index is -4.40. The Hall–Kier alpha value is 0.940. The van der Waals surface area contributed by atoms with Crippen LogP contribution in [0.4, 0.5) is 0 Å². The van der Waals surface area contributed by atoms with Gasteiger partial charge in [0.25, 0.3) is 0 Å². The van der Waals surface area contributed by atoms with Crippen LogP contribution >= 0.6 is 19.4 Å². The average Bonchev–Trinajstić information content (AvgIpc) is 2.68. The number of unbranched alkanes of at least 4 members (excludes halogenated alkanes) is 14. The van der Waals surface area contributed by atoms with E-state index in [1.54, 1.807) is 6.08 Å². The largest absolute Gasteiger partial charge is 1.00 e. The molecule has 5 nitrogen and oxygen atoms in total. The summed E-state index contributed by atoms with van der Waals surface area (Å²) in [5, 5.41) is 9.15. The van der Waals surface area contributed by atoms with Crippen LogP contribution in [0.15, 0.2) is 12.3 Å². The summed E-state index contributed by atoms with van der Waals surface area (Å²) in [6, 6.07) is 0. The number of alkyl halides is 1. The van der Waals surface area contributed by atoms with Crippen molar-refractivity contribution in [2.45, 2.75) is 109 Å². The Morgan fingerprint density at radius 3 is 1.83 bits per heavy atom. The van der Waals surface area contributed by atoms with Crippen LogP contribution in [0.1, 0.15) is 103 Å². The molecule has 2 atom stereocenters. The Bertz CT molecular complexity index is 413. The molecule has 0 saturated heterocycles. The maximum Gasteiger partial charge on any atom is 1.00 e. The zero-order chi connectivity index (χ0) is 20.9. The van der Waals surface area contributed by atoms with Crippen molar-refractivity contribution in [3.63, 3.8) is 0 Å². The minimum absolute atomic E-state index is 0. The predicted molar refractivity (Wildman–Crippen MR) is 115 cm³/mol. The van der Waals surface area contributed by atoms with Gasteiger partial charge in [0.2, 0.25) is 0 Å². The van der Waals surface area contributed by atoms with Gasteiger partial charge in [-0.3, -0.25) is 4.57 Å². The second kappa shape index (κ2) is 23.6. The van der Waals surface area contributed by atoms with Gasteiger partial charge in [-0.15, -0.1) is 11.6 Å². The van der Waals surface area contributed by atoms with Crippen LogP contribution in [0.25, 0.3) is 0 Å². The topological polar surface area (TPSA) is 78.8 Å². The van der Waals surface area contributed by atoms with Crippen LogP contribution in [0, 0.1) is 0 Å². The molecule has 0 aliphatic rings. The first kappa shape index (κ1) is 32.1. The van der Waals surface area contributed by atoms with Crippen LogP contribution in [0.5, 0.6) is 0 Å². The van der Waals surface area contributed by atoms with Gasteiger partial charge in [0, 0.05) is 0 Å². The second-order valence-electron chi connectivity index (χ2n) is 7.41. The number of halogens is 1. The van der Waals surface area contributed by atoms with E-state index in [9.17, 15) is 9.46 Å². The Morgan fingerprint density at radius 1 is 0.931 bits per heavy atom. The van der Waals surface area contributed by atoms with Gasteiger partial charge in [0.05, 0.1) is 24.9 Å². The molecule has 0 aromatic heterocycles. The van der Waals surface area contributed by atoms with Crippen molar-refractivity contribution in [3.05, 3.63) is 12.3 Å². The summed E-state index contributed by atoms with van der Waals surface area (Å²) in [5.41, 5.74) is 0. The molecule has 0 aromatic carbocycles. The zero-order valence-electron chi connectivity index (χ0n) is 18.7. The van der Waals surface area contributed by atoms with Crippen molar-refractivity contribution in [2.24, 2.45) is 0 Å². The van der Waals surface area contributed by atoms with Crippen LogP contribution in [-0.2, 0) is 13.6 Å². The van der Waals surface area contributed by atoms with Crippen molar-refractivity contribution in [2.75, 3.05) is 12.5 Å². The van der Waals surface area contributed by atoms with E-state index in [-0.39, 0.29) is 35.4 Å². The molecular formula is C21H41ClNaO5P. The molecule has 0 rings (SSSR count). The second-order valence-corrected chi connectivity index (χ2v) is 9.09. The molecular weight excluding hydrogens is 422 g/mol. The van der Waals surface area contributed by atoms with E-state index in [1.807, 2.05) is 0 Å². The summed E-state index contributed by atoms with van der Waals surface area (Å²) in [5.74, 6) is -0.0883. The standard InChI is InChI=1S/C21H42ClO5P.Na/c1-2-3-4-5-6-7-8-9-10-11-12-13-14-15-16-17-18-26-28(24,25)27-20-21(23)19-22;/h17-18,21,23H,2-16,19-20H2,1H3,(H,24,25);/q;+1/p-1/b18-17+;. The van der Waals surface area contributed by atoms with Gasteiger partial charge in [0.1, 0.15) is 0 Å². The monoisotopic (exact) mass is 462 g/mol. The van der Waals surface area contributed by atoms with Crippen molar-refractivity contribution < 1.29 is 53.2 Å². The van der Waals surface area contributed by atoms with Crippen LogP contribution < -0.4 is 34.5 Å². The van der Waals surface area contributed by atoms with E-state index in [4.69, 9.17) is 16.7 Å². The van der Waals surface area contributed by atoms with Crippen molar-refractivity contribution in [1.29, 1.82) is 0 Å². The number of phosphoric ester groups is 1. The van der Waals surface area contributed by atoms with E-state index >= 15 is 0 Å². The number of aliphatic hydroxyl groups is 1. The number of hydrogen-bond acceptors (Lipinski definition) is 5. The quantitative estimate of drug-likeness (QED) is 0.0928. The number of allylic oxidation sites excluding steroid dienone is 1. The Morgan fingerprint density at radius 2 is 1.38 bits per heavy atom. The molecule has 0 aliphatic heterocycles. The van der Waals surface area contributed by atoms with Crippen LogP contribution in [0.2, 0.25) is 0 Å². The summed E-state index contributed by atoms with van der Waals surface area (Å²) in [7, 11) is -4.40. The average molecular weight is 463 g/mol. The number of hydrogen-bond donors (Lipinski definition) is 1. The Kier molecular flexibility index (Phi) is 26.1. The molecule has 168 valence electrons. The molecule has 0 amide bonds. The van der Waals surface area contributed by atoms with Crippen LogP contribution in [-0.4, -0.2) is 23.7 Å². The Labute approximate surface area is 205 Å². The first-order chi connectivity index (χ1) is 13.5. The minimum Gasteiger partial charge on any atom is -0.746 e. The van der Waals surface area contributed by atoms with Crippen molar-refractivity contribution in [3.8, 4) is 0 Å². The molecule has 0 aromatic rings. The van der Waals surface area contributed by atoms with E-state index < -0.39 is 20.5 Å². The molecule has 0 spiro atoms. The molecule has 29 heavy (non-hydrogen) atoms. The van der Waals surface area contributed by atoms with Gasteiger partial charge in [0.15, 0.2) is 0 Å². The third-order valence-electron chi connectivity index (χ3n) is 4.61.